The maximum absolute atomic E-state index is 11.8. The van der Waals surface area contributed by atoms with Gasteiger partial charge in [-0.25, -0.2) is 0 Å². The highest BCUT2D eigenvalue weighted by Gasteiger charge is 2.25. The van der Waals surface area contributed by atoms with Crippen molar-refractivity contribution < 1.29 is 4.79 Å². The van der Waals surface area contributed by atoms with Gasteiger partial charge in [0.2, 0.25) is 11.0 Å². The minimum absolute atomic E-state index is 0.101. The molecule has 0 radical (unpaired) electrons. The number of terminal acetylenes is 1. The second-order valence-electron chi connectivity index (χ2n) is 3.68. The van der Waals surface area contributed by atoms with Crippen molar-refractivity contribution in [2.75, 3.05) is 11.5 Å². The summed E-state index contributed by atoms with van der Waals surface area (Å²) in [5, 5.41) is 10.8. The second kappa shape index (κ2) is 6.61. The third kappa shape index (κ3) is 3.89. The lowest BCUT2D eigenvalue weighted by atomic mass is 9.94. The monoisotopic (exact) mass is 284 g/mol. The van der Waals surface area contributed by atoms with Crippen molar-refractivity contribution in [2.45, 2.75) is 36.6 Å². The Hall–Kier alpha value is -1.26. The second-order valence-corrected chi connectivity index (χ2v) is 5.91. The number of rotatable bonds is 6. The van der Waals surface area contributed by atoms with Crippen LogP contribution in [0.1, 0.15) is 26.7 Å². The van der Waals surface area contributed by atoms with Crippen LogP contribution in [0.5, 0.6) is 0 Å². The van der Waals surface area contributed by atoms with Gasteiger partial charge in [0, 0.05) is 0 Å². The van der Waals surface area contributed by atoms with E-state index in [1.807, 2.05) is 13.8 Å². The maximum atomic E-state index is 11.8. The zero-order valence-electron chi connectivity index (χ0n) is 10.4. The van der Waals surface area contributed by atoms with E-state index in [-0.39, 0.29) is 11.7 Å². The standard InChI is InChI=1S/C11H16N4OS2/c1-4-11(5-2,6-3)13-8(16)7-17-10-15-14-9(12)18-10/h1H,5-7H2,2-3H3,(H2,12,14)(H,13,16). The van der Waals surface area contributed by atoms with E-state index in [4.69, 9.17) is 12.2 Å². The van der Waals surface area contributed by atoms with Gasteiger partial charge in [0.15, 0.2) is 4.34 Å². The van der Waals surface area contributed by atoms with Crippen LogP contribution < -0.4 is 11.1 Å². The number of nitrogens with two attached hydrogens (primary N) is 1. The minimum Gasteiger partial charge on any atom is -0.374 e. The highest BCUT2D eigenvalue weighted by molar-refractivity contribution is 8.01. The normalized spacial score (nSPS) is 10.9. The fraction of sp³-hybridized carbons (Fsp3) is 0.545. The van der Waals surface area contributed by atoms with Crippen LogP contribution in [-0.2, 0) is 4.79 Å². The van der Waals surface area contributed by atoms with E-state index in [0.29, 0.717) is 22.3 Å². The van der Waals surface area contributed by atoms with Crippen LogP contribution in [-0.4, -0.2) is 27.4 Å². The Morgan fingerprint density at radius 1 is 1.56 bits per heavy atom. The molecular weight excluding hydrogens is 268 g/mol. The first-order valence-corrected chi connectivity index (χ1v) is 7.36. The summed E-state index contributed by atoms with van der Waals surface area (Å²) in [6.45, 7) is 3.92. The number of thioether (sulfide) groups is 1. The first-order chi connectivity index (χ1) is 8.55. The number of carbonyl (C=O) groups excluding carboxylic acids is 1. The molecule has 0 bridgehead atoms. The van der Waals surface area contributed by atoms with E-state index in [9.17, 15) is 4.79 Å². The summed E-state index contributed by atoms with van der Waals surface area (Å²) >= 11 is 2.57. The fourth-order valence-electron chi connectivity index (χ4n) is 1.38. The largest absolute Gasteiger partial charge is 0.374 e. The lowest BCUT2D eigenvalue weighted by Gasteiger charge is -2.26. The SMILES string of the molecule is C#CC(CC)(CC)NC(=O)CSc1nnc(N)s1. The van der Waals surface area contributed by atoms with Gasteiger partial charge in [-0.15, -0.1) is 16.6 Å². The molecule has 7 heteroatoms. The van der Waals surface area contributed by atoms with Crippen molar-refractivity contribution >= 4 is 34.1 Å². The van der Waals surface area contributed by atoms with Gasteiger partial charge in [-0.1, -0.05) is 42.9 Å². The van der Waals surface area contributed by atoms with E-state index >= 15 is 0 Å². The molecule has 1 aromatic heterocycles. The molecule has 5 nitrogen and oxygen atoms in total. The molecule has 0 fully saturated rings. The van der Waals surface area contributed by atoms with Crippen molar-refractivity contribution in [3.8, 4) is 12.3 Å². The summed E-state index contributed by atoms with van der Waals surface area (Å²) in [6, 6.07) is 0. The Bertz CT molecular complexity index is 448. The molecule has 0 aliphatic carbocycles. The molecule has 0 saturated carbocycles. The summed E-state index contributed by atoms with van der Waals surface area (Å²) in [5.74, 6) is 2.82. The molecule has 0 saturated heterocycles. The molecule has 0 aliphatic heterocycles. The van der Waals surface area contributed by atoms with Gasteiger partial charge in [0.05, 0.1) is 5.75 Å². The highest BCUT2D eigenvalue weighted by Crippen LogP contribution is 2.23. The zero-order valence-corrected chi connectivity index (χ0v) is 12.0. The van der Waals surface area contributed by atoms with Crippen LogP contribution in [0, 0.1) is 12.3 Å². The van der Waals surface area contributed by atoms with Gasteiger partial charge < -0.3 is 11.1 Å². The van der Waals surface area contributed by atoms with Gasteiger partial charge in [0.25, 0.3) is 0 Å². The summed E-state index contributed by atoms with van der Waals surface area (Å²) in [7, 11) is 0. The third-order valence-electron chi connectivity index (χ3n) is 2.61. The van der Waals surface area contributed by atoms with Crippen LogP contribution in [0.2, 0.25) is 0 Å². The Labute approximate surface area is 115 Å². The van der Waals surface area contributed by atoms with Crippen molar-refractivity contribution in [3.63, 3.8) is 0 Å². The molecule has 0 spiro atoms. The fourth-order valence-corrected chi connectivity index (χ4v) is 2.81. The van der Waals surface area contributed by atoms with Gasteiger partial charge in [-0.05, 0) is 12.8 Å². The first-order valence-electron chi connectivity index (χ1n) is 5.55. The number of hydrogen-bond acceptors (Lipinski definition) is 6. The zero-order chi connectivity index (χ0) is 13.6. The first kappa shape index (κ1) is 14.8. The molecule has 1 amide bonds. The quantitative estimate of drug-likeness (QED) is 0.611. The number of nitrogen functional groups attached to an aromatic ring is 1. The van der Waals surface area contributed by atoms with Crippen LogP contribution >= 0.6 is 23.1 Å². The van der Waals surface area contributed by atoms with E-state index in [1.54, 1.807) is 0 Å². The van der Waals surface area contributed by atoms with Crippen LogP contribution in [0.15, 0.2) is 4.34 Å². The summed E-state index contributed by atoms with van der Waals surface area (Å²) in [6.07, 6.45) is 6.90. The topological polar surface area (TPSA) is 80.9 Å². The van der Waals surface area contributed by atoms with E-state index in [2.05, 4.69) is 21.4 Å². The van der Waals surface area contributed by atoms with Gasteiger partial charge >= 0.3 is 0 Å². The summed E-state index contributed by atoms with van der Waals surface area (Å²) in [4.78, 5) is 11.8. The van der Waals surface area contributed by atoms with Crippen molar-refractivity contribution in [1.82, 2.24) is 15.5 Å². The third-order valence-corrected chi connectivity index (χ3v) is 4.50. The highest BCUT2D eigenvalue weighted by atomic mass is 32.2. The van der Waals surface area contributed by atoms with E-state index < -0.39 is 5.54 Å². The lowest BCUT2D eigenvalue weighted by Crippen LogP contribution is -2.47. The number of anilines is 1. The number of nitrogens with zero attached hydrogens (tertiary/aromatic N) is 2. The van der Waals surface area contributed by atoms with Gasteiger partial charge in [0.1, 0.15) is 5.54 Å². The Balaban J connectivity index is 2.49. The molecule has 0 unspecified atom stereocenters. The molecule has 18 heavy (non-hydrogen) atoms. The lowest BCUT2D eigenvalue weighted by molar-refractivity contribution is -0.119. The predicted molar refractivity (Wildman–Crippen MR) is 75.3 cm³/mol. The Kier molecular flexibility index (Phi) is 5.44. The molecule has 0 aliphatic rings. The summed E-state index contributed by atoms with van der Waals surface area (Å²) in [5.41, 5.74) is 4.91. The van der Waals surface area contributed by atoms with Crippen LogP contribution in [0.25, 0.3) is 0 Å². The van der Waals surface area contributed by atoms with Gasteiger partial charge in [-0.2, -0.15) is 0 Å². The molecule has 1 rings (SSSR count). The molecule has 1 aromatic rings. The Morgan fingerprint density at radius 3 is 2.67 bits per heavy atom. The summed E-state index contributed by atoms with van der Waals surface area (Å²) < 4.78 is 0.682. The molecule has 98 valence electrons. The number of amides is 1. The van der Waals surface area contributed by atoms with Crippen molar-refractivity contribution in [1.29, 1.82) is 0 Å². The molecule has 3 N–H and O–H groups in total. The van der Waals surface area contributed by atoms with E-state index in [1.165, 1.54) is 23.1 Å². The molecule has 0 atom stereocenters. The molecular formula is C11H16N4OS2. The number of carbonyl (C=O) groups is 1. The van der Waals surface area contributed by atoms with Crippen molar-refractivity contribution in [2.24, 2.45) is 0 Å². The minimum atomic E-state index is -0.544. The van der Waals surface area contributed by atoms with Crippen LogP contribution in [0.3, 0.4) is 0 Å². The van der Waals surface area contributed by atoms with E-state index in [0.717, 1.165) is 0 Å². The predicted octanol–water partition coefficient (Wildman–Crippen LogP) is 1.52. The van der Waals surface area contributed by atoms with Gasteiger partial charge in [-0.3, -0.25) is 4.79 Å². The average Bonchev–Trinajstić information content (AvgIpc) is 2.80. The maximum Gasteiger partial charge on any atom is 0.231 e. The number of aromatic nitrogens is 2. The Morgan fingerprint density at radius 2 is 2.22 bits per heavy atom. The molecule has 0 aromatic carbocycles. The average molecular weight is 284 g/mol. The smallest absolute Gasteiger partial charge is 0.231 e. The van der Waals surface area contributed by atoms with Crippen LogP contribution in [0.4, 0.5) is 5.13 Å². The number of nitrogens with one attached hydrogen (secondary N) is 1. The molecule has 1 heterocycles. The van der Waals surface area contributed by atoms with Crippen molar-refractivity contribution in [3.05, 3.63) is 0 Å². The number of hydrogen-bond donors (Lipinski definition) is 2.